The van der Waals surface area contributed by atoms with Crippen LogP contribution in [0.4, 0.5) is 4.39 Å². The third-order valence-electron chi connectivity index (χ3n) is 5.35. The number of aliphatic carboxylic acids is 1. The largest absolute Gasteiger partial charge is 0.481 e. The monoisotopic (exact) mass is 392 g/mol. The van der Waals surface area contributed by atoms with Crippen molar-refractivity contribution in [2.75, 3.05) is 0 Å². The Kier molecular flexibility index (Phi) is 4.70. The molecule has 1 aliphatic carbocycles. The fourth-order valence-corrected chi connectivity index (χ4v) is 4.91. The summed E-state index contributed by atoms with van der Waals surface area (Å²) in [6.45, 7) is 2.06. The molecule has 0 radical (unpaired) electrons. The highest BCUT2D eigenvalue weighted by Crippen LogP contribution is 2.42. The molecule has 2 aromatic carbocycles. The van der Waals surface area contributed by atoms with Gasteiger partial charge in [0, 0.05) is 11.8 Å². The molecule has 140 valence electrons. The molecule has 0 bridgehead atoms. The summed E-state index contributed by atoms with van der Waals surface area (Å²) in [5.74, 6) is -1.21. The van der Waals surface area contributed by atoms with Crippen molar-refractivity contribution in [1.29, 1.82) is 5.26 Å². The molecule has 1 aliphatic rings. The van der Waals surface area contributed by atoms with E-state index in [4.69, 9.17) is 10.4 Å². The minimum absolute atomic E-state index is 0.0191. The Morgan fingerprint density at radius 2 is 2.21 bits per heavy atom. The molecule has 4 rings (SSSR count). The third-order valence-corrected chi connectivity index (χ3v) is 6.43. The summed E-state index contributed by atoms with van der Waals surface area (Å²) in [6.07, 6.45) is 3.66. The number of rotatable bonds is 4. The van der Waals surface area contributed by atoms with Crippen molar-refractivity contribution in [2.45, 2.75) is 32.1 Å². The summed E-state index contributed by atoms with van der Waals surface area (Å²) >= 11 is 1.50. The predicted molar refractivity (Wildman–Crippen MR) is 106 cm³/mol. The lowest BCUT2D eigenvalue weighted by Gasteiger charge is -2.12. The van der Waals surface area contributed by atoms with Crippen LogP contribution in [0.5, 0.6) is 0 Å². The van der Waals surface area contributed by atoms with Gasteiger partial charge in [0.2, 0.25) is 0 Å². The van der Waals surface area contributed by atoms with Crippen molar-refractivity contribution in [3.05, 3.63) is 64.6 Å². The van der Waals surface area contributed by atoms with Gasteiger partial charge in [-0.25, -0.2) is 9.37 Å². The molecule has 0 fully saturated rings. The summed E-state index contributed by atoms with van der Waals surface area (Å²) in [6, 6.07) is 10.4. The molecule has 0 amide bonds. The molecule has 1 N–H and O–H groups in total. The van der Waals surface area contributed by atoms with Gasteiger partial charge < -0.3 is 5.11 Å². The van der Waals surface area contributed by atoms with Crippen molar-refractivity contribution in [1.82, 2.24) is 4.98 Å². The van der Waals surface area contributed by atoms with Crippen LogP contribution in [-0.2, 0) is 11.2 Å². The average molecular weight is 392 g/mol. The van der Waals surface area contributed by atoms with Crippen molar-refractivity contribution in [2.24, 2.45) is 0 Å². The van der Waals surface area contributed by atoms with E-state index in [-0.39, 0.29) is 17.9 Å². The number of benzene rings is 2. The molecular formula is C22H17FN2O2S. The van der Waals surface area contributed by atoms with Gasteiger partial charge in [0.15, 0.2) is 0 Å². The van der Waals surface area contributed by atoms with Gasteiger partial charge in [-0.1, -0.05) is 18.2 Å². The topological polar surface area (TPSA) is 74.0 Å². The molecule has 0 saturated heterocycles. The van der Waals surface area contributed by atoms with Gasteiger partial charge in [0.25, 0.3) is 0 Å². The normalized spacial score (nSPS) is 15.2. The second-order valence-corrected chi connectivity index (χ2v) is 8.01. The number of carbonyl (C=O) groups is 1. The van der Waals surface area contributed by atoms with Gasteiger partial charge in [-0.15, -0.1) is 11.3 Å². The van der Waals surface area contributed by atoms with Gasteiger partial charge in [0.05, 0.1) is 16.9 Å². The van der Waals surface area contributed by atoms with E-state index in [1.54, 1.807) is 18.3 Å². The quantitative estimate of drug-likeness (QED) is 0.654. The zero-order valence-corrected chi connectivity index (χ0v) is 16.0. The van der Waals surface area contributed by atoms with E-state index in [0.717, 1.165) is 45.0 Å². The number of thiazole rings is 1. The van der Waals surface area contributed by atoms with Gasteiger partial charge in [0.1, 0.15) is 16.9 Å². The molecule has 0 aliphatic heterocycles. The molecule has 1 aromatic heterocycles. The molecule has 1 unspecified atom stereocenters. The van der Waals surface area contributed by atoms with E-state index in [1.807, 2.05) is 18.2 Å². The van der Waals surface area contributed by atoms with Crippen molar-refractivity contribution in [3.63, 3.8) is 0 Å². The molecule has 0 spiro atoms. The molecule has 1 heterocycles. The molecule has 3 aromatic rings. The maximum atomic E-state index is 13.6. The van der Waals surface area contributed by atoms with Crippen LogP contribution in [0.25, 0.3) is 21.0 Å². The Labute approximate surface area is 165 Å². The van der Waals surface area contributed by atoms with Crippen LogP contribution in [-0.4, -0.2) is 16.1 Å². The predicted octanol–water partition coefficient (Wildman–Crippen LogP) is 5.30. The Bertz CT molecular complexity index is 1130. The molecule has 6 heteroatoms. The third kappa shape index (κ3) is 3.19. The standard InChI is InChI=1S/C22H17FN2O2S/c1-12-16-4-2-13(9-21(26)27)18(16)6-5-17(12)22-25-11-20(28-22)14-3-7-19(23)15(8-14)10-24/h3,5-8,11,13H,2,4,9H2,1H3,(H,26,27). The van der Waals surface area contributed by atoms with Crippen LogP contribution in [0.15, 0.2) is 36.5 Å². The summed E-state index contributed by atoms with van der Waals surface area (Å²) < 4.78 is 13.6. The van der Waals surface area contributed by atoms with E-state index in [1.165, 1.54) is 23.0 Å². The van der Waals surface area contributed by atoms with E-state index in [0.29, 0.717) is 0 Å². The molecular weight excluding hydrogens is 375 g/mol. The second-order valence-electron chi connectivity index (χ2n) is 6.98. The second kappa shape index (κ2) is 7.17. The highest BCUT2D eigenvalue weighted by Gasteiger charge is 2.27. The van der Waals surface area contributed by atoms with Gasteiger partial charge >= 0.3 is 5.97 Å². The number of carboxylic acid groups (broad SMARTS) is 1. The number of hydrogen-bond donors (Lipinski definition) is 1. The van der Waals surface area contributed by atoms with Gasteiger partial charge in [-0.3, -0.25) is 4.79 Å². The summed E-state index contributed by atoms with van der Waals surface area (Å²) in [5.41, 5.74) is 5.33. The van der Waals surface area contributed by atoms with Crippen molar-refractivity contribution in [3.8, 4) is 27.1 Å². The number of hydrogen-bond acceptors (Lipinski definition) is 4. The number of halogens is 1. The summed E-state index contributed by atoms with van der Waals surface area (Å²) in [5, 5.41) is 19.0. The fourth-order valence-electron chi connectivity index (χ4n) is 3.92. The highest BCUT2D eigenvalue weighted by molar-refractivity contribution is 7.18. The first-order chi connectivity index (χ1) is 13.5. The minimum Gasteiger partial charge on any atom is -0.481 e. The highest BCUT2D eigenvalue weighted by atomic mass is 32.1. The Morgan fingerprint density at radius 3 is 2.96 bits per heavy atom. The lowest BCUT2D eigenvalue weighted by Crippen LogP contribution is -2.03. The average Bonchev–Trinajstić information content (AvgIpc) is 3.30. The van der Waals surface area contributed by atoms with Crippen molar-refractivity contribution >= 4 is 17.3 Å². The molecule has 1 atom stereocenters. The maximum absolute atomic E-state index is 13.6. The van der Waals surface area contributed by atoms with Crippen molar-refractivity contribution < 1.29 is 14.3 Å². The van der Waals surface area contributed by atoms with E-state index in [9.17, 15) is 9.18 Å². The first-order valence-corrected chi connectivity index (χ1v) is 9.80. The Balaban J connectivity index is 1.69. The van der Waals surface area contributed by atoms with E-state index in [2.05, 4.69) is 11.9 Å². The molecule has 4 nitrogen and oxygen atoms in total. The number of aromatic nitrogens is 1. The smallest absolute Gasteiger partial charge is 0.303 e. The molecule has 28 heavy (non-hydrogen) atoms. The van der Waals surface area contributed by atoms with Crippen LogP contribution >= 0.6 is 11.3 Å². The molecule has 0 saturated carbocycles. The van der Waals surface area contributed by atoms with Crippen LogP contribution < -0.4 is 0 Å². The van der Waals surface area contributed by atoms with Gasteiger partial charge in [-0.05, 0) is 60.1 Å². The fraction of sp³-hybridized carbons (Fsp3) is 0.227. The summed E-state index contributed by atoms with van der Waals surface area (Å²) in [7, 11) is 0. The Morgan fingerprint density at radius 1 is 1.39 bits per heavy atom. The van der Waals surface area contributed by atoms with E-state index < -0.39 is 11.8 Å². The zero-order chi connectivity index (χ0) is 19.8. The number of fused-ring (bicyclic) bond motifs is 1. The number of nitrogens with zero attached hydrogens (tertiary/aromatic N) is 2. The zero-order valence-electron chi connectivity index (χ0n) is 15.2. The lowest BCUT2D eigenvalue weighted by atomic mass is 9.94. The van der Waals surface area contributed by atoms with E-state index >= 15 is 0 Å². The SMILES string of the molecule is Cc1c(-c2ncc(-c3ccc(F)c(C#N)c3)s2)ccc2c1CCC2CC(=O)O. The van der Waals surface area contributed by atoms with Crippen LogP contribution in [0.2, 0.25) is 0 Å². The number of nitriles is 1. The van der Waals surface area contributed by atoms with Crippen LogP contribution in [0.3, 0.4) is 0 Å². The first kappa shape index (κ1) is 18.3. The minimum atomic E-state index is -0.764. The first-order valence-electron chi connectivity index (χ1n) is 8.98. The van der Waals surface area contributed by atoms with Crippen LogP contribution in [0, 0.1) is 24.1 Å². The van der Waals surface area contributed by atoms with Crippen LogP contribution in [0.1, 0.15) is 41.0 Å². The van der Waals surface area contributed by atoms with Gasteiger partial charge in [-0.2, -0.15) is 5.26 Å². The lowest BCUT2D eigenvalue weighted by molar-refractivity contribution is -0.137. The number of carboxylic acids is 1. The maximum Gasteiger partial charge on any atom is 0.303 e. The summed E-state index contributed by atoms with van der Waals surface area (Å²) in [4.78, 5) is 16.5. The Hall–Kier alpha value is -3.04.